The third kappa shape index (κ3) is 4.65. The van der Waals surface area contributed by atoms with Crippen LogP contribution in [-0.4, -0.2) is 53.7 Å². The van der Waals surface area contributed by atoms with Crippen LogP contribution in [0.5, 0.6) is 0 Å². The third-order valence-electron chi connectivity index (χ3n) is 4.38. The van der Waals surface area contributed by atoms with Gasteiger partial charge in [-0.1, -0.05) is 25.2 Å². The molecule has 1 atom stereocenters. The van der Waals surface area contributed by atoms with Crippen molar-refractivity contribution < 1.29 is 9.66 Å². The number of benzene rings is 1. The molecule has 1 aromatic heterocycles. The number of thiazole rings is 1. The Morgan fingerprint density at radius 2 is 2.16 bits per heavy atom. The number of nitrogens with zero attached hydrogens (tertiary/aromatic N) is 3. The Morgan fingerprint density at radius 3 is 2.84 bits per heavy atom. The number of ether oxygens (including phenoxy) is 1. The average molecular weight is 364 g/mol. The van der Waals surface area contributed by atoms with Crippen molar-refractivity contribution in [1.29, 1.82) is 0 Å². The van der Waals surface area contributed by atoms with Gasteiger partial charge < -0.3 is 10.1 Å². The average Bonchev–Trinajstić information content (AvgIpc) is 3.01. The number of hydrogen-bond donors (Lipinski definition) is 1. The first kappa shape index (κ1) is 18.0. The minimum Gasteiger partial charge on any atom is -0.379 e. The van der Waals surface area contributed by atoms with Crippen LogP contribution in [0.1, 0.15) is 20.3 Å². The molecule has 1 aliphatic rings. The van der Waals surface area contributed by atoms with Gasteiger partial charge in [-0.05, 0) is 18.4 Å². The zero-order valence-electron chi connectivity index (χ0n) is 14.6. The molecule has 1 aromatic carbocycles. The molecule has 136 valence electrons. The minimum absolute atomic E-state index is 0.105. The highest BCUT2D eigenvalue weighted by atomic mass is 32.1. The number of anilines is 1. The van der Waals surface area contributed by atoms with Crippen LogP contribution in [0.4, 0.5) is 10.8 Å². The van der Waals surface area contributed by atoms with Crippen molar-refractivity contribution in [3.8, 4) is 0 Å². The van der Waals surface area contributed by atoms with E-state index in [1.54, 1.807) is 12.1 Å². The number of hydrogen-bond acceptors (Lipinski definition) is 7. The van der Waals surface area contributed by atoms with Gasteiger partial charge in [-0.3, -0.25) is 15.0 Å². The molecule has 3 rings (SSSR count). The molecular formula is C17H24N4O3S. The highest BCUT2D eigenvalue weighted by Crippen LogP contribution is 2.29. The summed E-state index contributed by atoms with van der Waals surface area (Å²) in [6.07, 6.45) is 1.11. The van der Waals surface area contributed by atoms with Gasteiger partial charge in [0.2, 0.25) is 0 Å². The van der Waals surface area contributed by atoms with Crippen molar-refractivity contribution in [3.05, 3.63) is 28.3 Å². The van der Waals surface area contributed by atoms with Crippen LogP contribution in [0.15, 0.2) is 18.2 Å². The Balaban J connectivity index is 1.69. The van der Waals surface area contributed by atoms with Crippen LogP contribution >= 0.6 is 11.3 Å². The van der Waals surface area contributed by atoms with Crippen LogP contribution in [0.25, 0.3) is 10.2 Å². The van der Waals surface area contributed by atoms with Crippen LogP contribution in [-0.2, 0) is 4.74 Å². The molecule has 0 bridgehead atoms. The zero-order valence-corrected chi connectivity index (χ0v) is 15.4. The molecule has 0 amide bonds. The van der Waals surface area contributed by atoms with Gasteiger partial charge in [-0.15, -0.1) is 0 Å². The van der Waals surface area contributed by atoms with Crippen LogP contribution in [0.3, 0.4) is 0 Å². The van der Waals surface area contributed by atoms with E-state index in [1.165, 1.54) is 17.4 Å². The fraction of sp³-hybridized carbons (Fsp3) is 0.588. The van der Waals surface area contributed by atoms with Gasteiger partial charge in [0.05, 0.1) is 28.4 Å². The van der Waals surface area contributed by atoms with E-state index in [4.69, 9.17) is 4.74 Å². The molecule has 25 heavy (non-hydrogen) atoms. The van der Waals surface area contributed by atoms with Crippen molar-refractivity contribution >= 4 is 32.4 Å². The fourth-order valence-corrected chi connectivity index (χ4v) is 4.06. The maximum absolute atomic E-state index is 10.9. The number of morpholine rings is 1. The Kier molecular flexibility index (Phi) is 5.82. The lowest BCUT2D eigenvalue weighted by Crippen LogP contribution is -2.47. The number of nitro benzene ring substituents is 1. The predicted molar refractivity (Wildman–Crippen MR) is 100 cm³/mol. The van der Waals surface area contributed by atoms with Gasteiger partial charge in [-0.25, -0.2) is 4.98 Å². The number of non-ortho nitro benzene ring substituents is 1. The summed E-state index contributed by atoms with van der Waals surface area (Å²) in [5.41, 5.74) is 0.901. The normalized spacial score (nSPS) is 17.1. The maximum atomic E-state index is 10.9. The maximum Gasteiger partial charge on any atom is 0.270 e. The van der Waals surface area contributed by atoms with E-state index in [-0.39, 0.29) is 10.6 Å². The monoisotopic (exact) mass is 364 g/mol. The molecule has 1 fully saturated rings. The lowest BCUT2D eigenvalue weighted by molar-refractivity contribution is -0.384. The van der Waals surface area contributed by atoms with Crippen molar-refractivity contribution in [2.24, 2.45) is 5.92 Å². The molecule has 7 nitrogen and oxygen atoms in total. The summed E-state index contributed by atoms with van der Waals surface area (Å²) in [7, 11) is 0. The number of fused-ring (bicyclic) bond motifs is 1. The SMILES string of the molecule is CC(C)CC(CNc1nc2ccc([N+](=O)[O-])cc2s1)N1CCOCC1. The quantitative estimate of drug-likeness (QED) is 0.599. The fourth-order valence-electron chi connectivity index (χ4n) is 3.16. The lowest BCUT2D eigenvalue weighted by atomic mass is 10.0. The van der Waals surface area contributed by atoms with E-state index < -0.39 is 0 Å². The van der Waals surface area contributed by atoms with Gasteiger partial charge >= 0.3 is 0 Å². The van der Waals surface area contributed by atoms with Crippen molar-refractivity contribution in [1.82, 2.24) is 9.88 Å². The number of nitro groups is 1. The summed E-state index contributed by atoms with van der Waals surface area (Å²) >= 11 is 1.47. The molecule has 1 N–H and O–H groups in total. The Bertz CT molecular complexity index is 728. The second-order valence-corrected chi connectivity index (χ2v) is 7.77. The topological polar surface area (TPSA) is 80.5 Å². The van der Waals surface area contributed by atoms with E-state index in [9.17, 15) is 10.1 Å². The van der Waals surface area contributed by atoms with E-state index >= 15 is 0 Å². The van der Waals surface area contributed by atoms with Gasteiger partial charge in [0.25, 0.3) is 5.69 Å². The van der Waals surface area contributed by atoms with Crippen LogP contribution in [0.2, 0.25) is 0 Å². The van der Waals surface area contributed by atoms with E-state index in [2.05, 4.69) is 29.0 Å². The molecule has 0 spiro atoms. The predicted octanol–water partition coefficient (Wildman–Crippen LogP) is 3.36. The minimum atomic E-state index is -0.372. The molecule has 0 saturated carbocycles. The summed E-state index contributed by atoms with van der Waals surface area (Å²) < 4.78 is 6.30. The highest BCUT2D eigenvalue weighted by molar-refractivity contribution is 7.22. The summed E-state index contributed by atoms with van der Waals surface area (Å²) in [4.78, 5) is 17.6. The summed E-state index contributed by atoms with van der Waals surface area (Å²) in [5.74, 6) is 0.618. The summed E-state index contributed by atoms with van der Waals surface area (Å²) in [5, 5.41) is 15.2. The number of aromatic nitrogens is 1. The summed E-state index contributed by atoms with van der Waals surface area (Å²) in [6, 6.07) is 5.24. The van der Waals surface area contributed by atoms with E-state index in [1.807, 2.05) is 0 Å². The van der Waals surface area contributed by atoms with Crippen molar-refractivity contribution in [3.63, 3.8) is 0 Å². The zero-order chi connectivity index (χ0) is 17.8. The first-order chi connectivity index (χ1) is 12.0. The molecule has 0 radical (unpaired) electrons. The van der Waals surface area contributed by atoms with Crippen molar-refractivity contribution in [2.75, 3.05) is 38.2 Å². The smallest absolute Gasteiger partial charge is 0.270 e. The van der Waals surface area contributed by atoms with Crippen LogP contribution < -0.4 is 5.32 Å². The number of nitrogens with one attached hydrogen (secondary N) is 1. The van der Waals surface area contributed by atoms with Gasteiger partial charge in [0, 0.05) is 37.8 Å². The molecule has 1 aliphatic heterocycles. The molecule has 0 aliphatic carbocycles. The molecule has 1 saturated heterocycles. The Hall–Kier alpha value is -1.77. The molecule has 1 unspecified atom stereocenters. The van der Waals surface area contributed by atoms with E-state index in [0.29, 0.717) is 12.0 Å². The van der Waals surface area contributed by atoms with Gasteiger partial charge in [0.15, 0.2) is 5.13 Å². The highest BCUT2D eigenvalue weighted by Gasteiger charge is 2.22. The lowest BCUT2D eigenvalue weighted by Gasteiger charge is -2.35. The molecule has 2 aromatic rings. The molecular weight excluding hydrogens is 340 g/mol. The number of rotatable bonds is 7. The van der Waals surface area contributed by atoms with Gasteiger partial charge in [-0.2, -0.15) is 0 Å². The summed E-state index contributed by atoms with van der Waals surface area (Å²) in [6.45, 7) is 8.81. The first-order valence-electron chi connectivity index (χ1n) is 8.63. The van der Waals surface area contributed by atoms with E-state index in [0.717, 1.165) is 54.6 Å². The van der Waals surface area contributed by atoms with Crippen LogP contribution in [0, 0.1) is 16.0 Å². The Labute approximate surface area is 151 Å². The standard InChI is InChI=1S/C17H24N4O3S/c1-12(2)9-14(20-5-7-24-8-6-20)11-18-17-19-15-4-3-13(21(22)23)10-16(15)25-17/h3-4,10,12,14H,5-9,11H2,1-2H3,(H,18,19). The van der Waals surface area contributed by atoms with Gasteiger partial charge in [0.1, 0.15) is 0 Å². The Morgan fingerprint density at radius 1 is 1.40 bits per heavy atom. The largest absolute Gasteiger partial charge is 0.379 e. The van der Waals surface area contributed by atoms with Crippen molar-refractivity contribution in [2.45, 2.75) is 26.3 Å². The third-order valence-corrected chi connectivity index (χ3v) is 5.35. The second kappa shape index (κ2) is 8.07. The molecule has 2 heterocycles. The second-order valence-electron chi connectivity index (χ2n) is 6.74. The first-order valence-corrected chi connectivity index (χ1v) is 9.45. The molecule has 8 heteroatoms.